The maximum absolute atomic E-state index is 11.3. The van der Waals surface area contributed by atoms with E-state index in [1.807, 2.05) is 0 Å². The van der Waals surface area contributed by atoms with E-state index in [0.717, 1.165) is 6.26 Å². The van der Waals surface area contributed by atoms with Gasteiger partial charge in [-0.05, 0) is 12.1 Å². The van der Waals surface area contributed by atoms with Crippen LogP contribution in [0.3, 0.4) is 0 Å². The highest BCUT2D eigenvalue weighted by Gasteiger charge is 2.14. The first-order valence-corrected chi connectivity index (χ1v) is 7.33. The summed E-state index contributed by atoms with van der Waals surface area (Å²) in [4.78, 5) is -0.0569. The molecular formula is C10H6Cl2N4O2S. The van der Waals surface area contributed by atoms with Crippen molar-refractivity contribution in [2.45, 2.75) is 10.9 Å². The number of rotatable bonds is 3. The summed E-state index contributed by atoms with van der Waals surface area (Å²) in [7, 11) is -3.45. The Labute approximate surface area is 119 Å². The van der Waals surface area contributed by atoms with Crippen molar-refractivity contribution in [2.75, 3.05) is 6.26 Å². The lowest BCUT2D eigenvalue weighted by atomic mass is 10.3. The molecule has 0 bridgehead atoms. The highest BCUT2D eigenvalue weighted by molar-refractivity contribution is 7.90. The number of sulfone groups is 1. The van der Waals surface area contributed by atoms with Gasteiger partial charge in [-0.1, -0.05) is 23.2 Å². The summed E-state index contributed by atoms with van der Waals surface area (Å²) in [6.45, 7) is 0. The first-order chi connectivity index (χ1) is 8.79. The van der Waals surface area contributed by atoms with Crippen LogP contribution >= 0.6 is 23.2 Å². The van der Waals surface area contributed by atoms with E-state index in [0.29, 0.717) is 0 Å². The van der Waals surface area contributed by atoms with Gasteiger partial charge in [-0.2, -0.15) is 20.8 Å². The Balaban J connectivity index is 3.28. The van der Waals surface area contributed by atoms with Gasteiger partial charge < -0.3 is 0 Å². The maximum Gasteiger partial charge on any atom is 0.242 e. The SMILES string of the molecule is CS(=O)(=O)c1cc(Cl)c(N=NC(C#N)C#N)c(Cl)c1. The molecule has 98 valence electrons. The van der Waals surface area contributed by atoms with Gasteiger partial charge in [0.25, 0.3) is 0 Å². The van der Waals surface area contributed by atoms with Crippen LogP contribution < -0.4 is 0 Å². The summed E-state index contributed by atoms with van der Waals surface area (Å²) in [5.41, 5.74) is 0.00577. The van der Waals surface area contributed by atoms with Crippen molar-refractivity contribution in [1.29, 1.82) is 10.5 Å². The van der Waals surface area contributed by atoms with E-state index in [1.54, 1.807) is 12.1 Å². The Hall–Kier alpha value is -1.67. The molecule has 0 spiro atoms. The minimum Gasteiger partial charge on any atom is -0.224 e. The number of nitrogens with zero attached hydrogens (tertiary/aromatic N) is 4. The molecule has 0 aliphatic heterocycles. The molecule has 0 aliphatic carbocycles. The van der Waals surface area contributed by atoms with Crippen LogP contribution in [-0.4, -0.2) is 20.7 Å². The van der Waals surface area contributed by atoms with Crippen LogP contribution in [0.25, 0.3) is 0 Å². The molecule has 1 rings (SSSR count). The van der Waals surface area contributed by atoms with Crippen LogP contribution in [0.5, 0.6) is 0 Å². The van der Waals surface area contributed by atoms with E-state index in [1.165, 1.54) is 12.1 Å². The Morgan fingerprint density at radius 2 is 1.68 bits per heavy atom. The van der Waals surface area contributed by atoms with Crippen LogP contribution in [0.1, 0.15) is 0 Å². The van der Waals surface area contributed by atoms with Gasteiger partial charge in [0, 0.05) is 6.26 Å². The zero-order valence-electron chi connectivity index (χ0n) is 9.50. The van der Waals surface area contributed by atoms with E-state index < -0.39 is 15.9 Å². The summed E-state index contributed by atoms with van der Waals surface area (Å²) < 4.78 is 22.7. The predicted octanol–water partition coefficient (Wildman–Crippen LogP) is 2.90. The van der Waals surface area contributed by atoms with E-state index in [4.69, 9.17) is 33.7 Å². The van der Waals surface area contributed by atoms with Crippen molar-refractivity contribution in [3.63, 3.8) is 0 Å². The van der Waals surface area contributed by atoms with Crippen LogP contribution in [0.2, 0.25) is 10.0 Å². The monoisotopic (exact) mass is 316 g/mol. The number of nitriles is 2. The van der Waals surface area contributed by atoms with Gasteiger partial charge in [0.2, 0.25) is 6.04 Å². The van der Waals surface area contributed by atoms with Gasteiger partial charge >= 0.3 is 0 Å². The summed E-state index contributed by atoms with van der Waals surface area (Å²) in [5, 5.41) is 24.0. The minimum atomic E-state index is -3.45. The molecule has 6 nitrogen and oxygen atoms in total. The van der Waals surface area contributed by atoms with Crippen molar-refractivity contribution < 1.29 is 8.42 Å². The molecule has 19 heavy (non-hydrogen) atoms. The molecule has 0 N–H and O–H groups in total. The first-order valence-electron chi connectivity index (χ1n) is 4.68. The summed E-state index contributed by atoms with van der Waals surface area (Å²) >= 11 is 11.7. The molecule has 9 heteroatoms. The van der Waals surface area contributed by atoms with Crippen LogP contribution in [0.15, 0.2) is 27.3 Å². The van der Waals surface area contributed by atoms with E-state index in [-0.39, 0.29) is 20.6 Å². The fourth-order valence-corrected chi connectivity index (χ4v) is 2.40. The second-order valence-corrected chi connectivity index (χ2v) is 6.21. The number of hydrogen-bond acceptors (Lipinski definition) is 6. The lowest BCUT2D eigenvalue weighted by Gasteiger charge is -2.04. The molecule has 0 amide bonds. The third-order valence-corrected chi connectivity index (χ3v) is 3.60. The van der Waals surface area contributed by atoms with Crippen molar-refractivity contribution in [3.05, 3.63) is 22.2 Å². The van der Waals surface area contributed by atoms with Gasteiger partial charge in [-0.25, -0.2) is 8.42 Å². The fraction of sp³-hybridized carbons (Fsp3) is 0.200. The molecule has 1 aromatic rings. The van der Waals surface area contributed by atoms with Crippen molar-refractivity contribution in [1.82, 2.24) is 0 Å². The Morgan fingerprint density at radius 1 is 1.21 bits per heavy atom. The predicted molar refractivity (Wildman–Crippen MR) is 69.1 cm³/mol. The maximum atomic E-state index is 11.3. The van der Waals surface area contributed by atoms with Gasteiger partial charge in [-0.3, -0.25) is 0 Å². The normalized spacial score (nSPS) is 11.5. The number of halogens is 2. The summed E-state index contributed by atoms with van der Waals surface area (Å²) in [6, 6.07) is 4.25. The second kappa shape index (κ2) is 5.98. The van der Waals surface area contributed by atoms with Crippen molar-refractivity contribution in [2.24, 2.45) is 10.2 Å². The van der Waals surface area contributed by atoms with Gasteiger partial charge in [0.15, 0.2) is 9.84 Å². The lowest BCUT2D eigenvalue weighted by molar-refractivity contribution is 0.602. The topological polar surface area (TPSA) is 106 Å². The molecule has 0 aliphatic rings. The van der Waals surface area contributed by atoms with Crippen molar-refractivity contribution >= 4 is 38.7 Å². The number of benzene rings is 1. The highest BCUT2D eigenvalue weighted by atomic mass is 35.5. The Bertz CT molecular complexity index is 679. The number of hydrogen-bond donors (Lipinski definition) is 0. The average molecular weight is 317 g/mol. The molecule has 0 aromatic heterocycles. The van der Waals surface area contributed by atoms with E-state index >= 15 is 0 Å². The van der Waals surface area contributed by atoms with Gasteiger partial charge in [0.1, 0.15) is 17.8 Å². The van der Waals surface area contributed by atoms with Crippen LogP contribution in [0.4, 0.5) is 5.69 Å². The van der Waals surface area contributed by atoms with Crippen molar-refractivity contribution in [3.8, 4) is 12.1 Å². The second-order valence-electron chi connectivity index (χ2n) is 3.38. The molecule has 0 heterocycles. The van der Waals surface area contributed by atoms with Gasteiger partial charge in [-0.15, -0.1) is 0 Å². The van der Waals surface area contributed by atoms with E-state index in [2.05, 4.69) is 10.2 Å². The molecule has 0 radical (unpaired) electrons. The average Bonchev–Trinajstić information content (AvgIpc) is 2.31. The minimum absolute atomic E-state index is 0.00577. The summed E-state index contributed by atoms with van der Waals surface area (Å²) in [6.07, 6.45) is 1.01. The Kier molecular flexibility index (Phi) is 4.84. The third-order valence-electron chi connectivity index (χ3n) is 1.94. The molecule has 0 saturated heterocycles. The molecule has 0 atom stereocenters. The molecule has 0 saturated carbocycles. The molecule has 0 fully saturated rings. The summed E-state index contributed by atoms with van der Waals surface area (Å²) in [5.74, 6) is 0. The van der Waals surface area contributed by atoms with Gasteiger partial charge in [0.05, 0.1) is 14.9 Å². The third kappa shape index (κ3) is 3.90. The molecule has 0 unspecified atom stereocenters. The zero-order valence-corrected chi connectivity index (χ0v) is 11.8. The highest BCUT2D eigenvalue weighted by Crippen LogP contribution is 2.36. The largest absolute Gasteiger partial charge is 0.242 e. The van der Waals surface area contributed by atoms with Crippen LogP contribution in [0, 0.1) is 22.7 Å². The smallest absolute Gasteiger partial charge is 0.224 e. The van der Waals surface area contributed by atoms with E-state index in [9.17, 15) is 8.42 Å². The number of azo groups is 1. The zero-order chi connectivity index (χ0) is 14.6. The van der Waals surface area contributed by atoms with Crippen LogP contribution in [-0.2, 0) is 9.84 Å². The lowest BCUT2D eigenvalue weighted by Crippen LogP contribution is -1.97. The quantitative estimate of drug-likeness (QED) is 0.799. The molecule has 1 aromatic carbocycles. The fourth-order valence-electron chi connectivity index (χ4n) is 1.05. The standard InChI is InChI=1S/C10H6Cl2N4O2S/c1-19(17,18)7-2-8(11)10(9(12)3-7)16-15-6(4-13)5-14/h2-3,6H,1H3. The Morgan fingerprint density at radius 3 is 2.05 bits per heavy atom. The molecular weight excluding hydrogens is 311 g/mol. The first kappa shape index (κ1) is 15.4.